The van der Waals surface area contributed by atoms with Gasteiger partial charge in [-0.1, -0.05) is 6.08 Å². The summed E-state index contributed by atoms with van der Waals surface area (Å²) < 4.78 is 38.9. The lowest BCUT2D eigenvalue weighted by atomic mass is 10.8. The standard InChI is InChI=1S/C3H9O8P3/c1-2-3-13(6,7)11-14(8,9)10-12(4)5/h2,12H,1,3H2,(H,4,5)(H,6,7)(H,8,9). The molecule has 0 rings (SSSR count). The van der Waals surface area contributed by atoms with Gasteiger partial charge in [-0.3, -0.25) is 9.13 Å². The Hall–Kier alpha value is 0.230. The van der Waals surface area contributed by atoms with Crippen LogP contribution in [-0.4, -0.2) is 20.8 Å². The molecule has 0 saturated carbocycles. The largest absolute Gasteiger partial charge is 0.486 e. The molecule has 8 nitrogen and oxygen atoms in total. The van der Waals surface area contributed by atoms with E-state index in [0.29, 0.717) is 0 Å². The third-order valence-electron chi connectivity index (χ3n) is 0.784. The molecule has 0 aliphatic rings. The summed E-state index contributed by atoms with van der Waals surface area (Å²) in [5, 5.41) is 0. The Bertz CT molecular complexity index is 322. The maximum absolute atomic E-state index is 10.9. The molecule has 3 N–H and O–H groups in total. The first kappa shape index (κ1) is 14.2. The third-order valence-corrected chi connectivity index (χ3v) is 4.90. The molecule has 0 spiro atoms. The van der Waals surface area contributed by atoms with Crippen LogP contribution in [0.2, 0.25) is 0 Å². The molecule has 0 aromatic carbocycles. The van der Waals surface area contributed by atoms with Crippen molar-refractivity contribution in [1.82, 2.24) is 0 Å². The van der Waals surface area contributed by atoms with Crippen LogP contribution in [0.5, 0.6) is 0 Å². The van der Waals surface area contributed by atoms with Gasteiger partial charge >= 0.3 is 23.7 Å². The number of allylic oxidation sites excluding steroid dienone is 1. The zero-order valence-corrected chi connectivity index (χ0v) is 9.56. The first-order chi connectivity index (χ1) is 6.18. The number of hydrogen-bond acceptors (Lipinski definition) is 5. The zero-order valence-electron chi connectivity index (χ0n) is 6.77. The highest BCUT2D eigenvalue weighted by Crippen LogP contribution is 2.62. The molecule has 0 heterocycles. The van der Waals surface area contributed by atoms with E-state index in [-0.39, 0.29) is 0 Å². The fraction of sp³-hybridized carbons (Fsp3) is 0.333. The summed E-state index contributed by atoms with van der Waals surface area (Å²) in [7, 11) is -13.1. The monoisotopic (exact) mass is 266 g/mol. The smallest absolute Gasteiger partial charge is 0.326 e. The number of phosphoric acid groups is 1. The fourth-order valence-electron chi connectivity index (χ4n) is 0.473. The minimum atomic E-state index is -4.98. The highest BCUT2D eigenvalue weighted by molar-refractivity contribution is 7.66. The molecule has 11 heteroatoms. The van der Waals surface area contributed by atoms with Gasteiger partial charge in [0.05, 0.1) is 6.16 Å². The molecule has 0 aliphatic heterocycles. The van der Waals surface area contributed by atoms with Crippen molar-refractivity contribution in [1.29, 1.82) is 0 Å². The summed E-state index contributed by atoms with van der Waals surface area (Å²) in [5.41, 5.74) is 0. The topological polar surface area (TPSA) is 130 Å². The van der Waals surface area contributed by atoms with Crippen LogP contribution >= 0.6 is 23.7 Å². The predicted octanol–water partition coefficient (Wildman–Crippen LogP) is 0.873. The maximum Gasteiger partial charge on any atom is 0.486 e. The Morgan fingerprint density at radius 2 is 1.93 bits per heavy atom. The predicted molar refractivity (Wildman–Crippen MR) is 48.1 cm³/mol. The van der Waals surface area contributed by atoms with Crippen molar-refractivity contribution in [2.45, 2.75) is 0 Å². The lowest BCUT2D eigenvalue weighted by Gasteiger charge is -2.13. The van der Waals surface area contributed by atoms with Crippen LogP contribution in [0.3, 0.4) is 0 Å². The lowest BCUT2D eigenvalue weighted by Crippen LogP contribution is -1.92. The van der Waals surface area contributed by atoms with E-state index in [1.807, 2.05) is 0 Å². The second-order valence-electron chi connectivity index (χ2n) is 2.02. The molecular weight excluding hydrogens is 257 g/mol. The van der Waals surface area contributed by atoms with Gasteiger partial charge in [0.25, 0.3) is 0 Å². The van der Waals surface area contributed by atoms with Gasteiger partial charge in [0, 0.05) is 0 Å². The van der Waals surface area contributed by atoms with Crippen molar-refractivity contribution in [2.75, 3.05) is 6.16 Å². The van der Waals surface area contributed by atoms with Crippen molar-refractivity contribution in [3.8, 4) is 0 Å². The van der Waals surface area contributed by atoms with Crippen molar-refractivity contribution < 1.29 is 37.0 Å². The van der Waals surface area contributed by atoms with E-state index >= 15 is 0 Å². The van der Waals surface area contributed by atoms with Crippen LogP contribution < -0.4 is 0 Å². The normalized spacial score (nSPS) is 21.9. The molecule has 0 fully saturated rings. The molecule has 0 saturated heterocycles. The van der Waals surface area contributed by atoms with Crippen molar-refractivity contribution >= 4 is 23.7 Å². The summed E-state index contributed by atoms with van der Waals surface area (Å²) >= 11 is 0. The highest BCUT2D eigenvalue weighted by atomic mass is 31.3. The molecule has 0 bridgehead atoms. The van der Waals surface area contributed by atoms with Crippen molar-refractivity contribution in [2.24, 2.45) is 0 Å². The molecule has 0 aliphatic carbocycles. The van der Waals surface area contributed by atoms with Gasteiger partial charge in [-0.2, -0.15) is 0 Å². The summed E-state index contributed by atoms with van der Waals surface area (Å²) in [5.74, 6) is 0. The van der Waals surface area contributed by atoms with E-state index in [1.54, 1.807) is 0 Å². The van der Waals surface area contributed by atoms with E-state index < -0.39 is 29.8 Å². The number of hydrogen-bond donors (Lipinski definition) is 3. The second-order valence-corrected chi connectivity index (χ2v) is 6.51. The van der Waals surface area contributed by atoms with Crippen molar-refractivity contribution in [3.63, 3.8) is 0 Å². The Balaban J connectivity index is 4.49. The van der Waals surface area contributed by atoms with Gasteiger partial charge in [-0.05, 0) is 0 Å². The van der Waals surface area contributed by atoms with Crippen LogP contribution in [0.1, 0.15) is 0 Å². The Morgan fingerprint density at radius 1 is 1.43 bits per heavy atom. The molecule has 84 valence electrons. The molecule has 3 unspecified atom stereocenters. The van der Waals surface area contributed by atoms with E-state index in [1.165, 1.54) is 0 Å². The molecule has 0 radical (unpaired) electrons. The maximum atomic E-state index is 10.9. The van der Waals surface area contributed by atoms with Gasteiger partial charge < -0.3 is 14.7 Å². The molecular formula is C3H9O8P3. The fourth-order valence-corrected chi connectivity index (χ4v) is 3.58. The van der Waals surface area contributed by atoms with Gasteiger partial charge in [0.15, 0.2) is 0 Å². The molecule has 3 atom stereocenters. The van der Waals surface area contributed by atoms with Gasteiger partial charge in [-0.15, -0.1) is 6.58 Å². The van der Waals surface area contributed by atoms with E-state index in [0.717, 1.165) is 6.08 Å². The van der Waals surface area contributed by atoms with Crippen LogP contribution in [0.15, 0.2) is 12.7 Å². The first-order valence-corrected chi connectivity index (χ1v) is 7.60. The Morgan fingerprint density at radius 3 is 2.29 bits per heavy atom. The summed E-state index contributed by atoms with van der Waals surface area (Å²) in [6.45, 7) is 3.11. The number of rotatable bonds is 6. The lowest BCUT2D eigenvalue weighted by molar-refractivity contribution is 0.264. The molecule has 14 heavy (non-hydrogen) atoms. The SMILES string of the molecule is C=CCP(=O)(O)OP(=O)(O)O[PH](=O)O. The molecule has 0 aromatic rings. The molecule has 0 amide bonds. The zero-order chi connectivity index (χ0) is 11.4. The second kappa shape index (κ2) is 5.35. The minimum Gasteiger partial charge on any atom is -0.326 e. The molecule has 0 aromatic heterocycles. The van der Waals surface area contributed by atoms with Gasteiger partial charge in [-0.25, -0.2) is 13.2 Å². The first-order valence-electron chi connectivity index (χ1n) is 3.08. The van der Waals surface area contributed by atoms with Crippen LogP contribution in [0.4, 0.5) is 0 Å². The van der Waals surface area contributed by atoms with Crippen LogP contribution in [0, 0.1) is 0 Å². The third kappa shape index (κ3) is 6.65. The minimum absolute atomic E-state index is 0.576. The van der Waals surface area contributed by atoms with Crippen LogP contribution in [-0.2, 0) is 22.3 Å². The average Bonchev–Trinajstić information content (AvgIpc) is 1.78. The average molecular weight is 266 g/mol. The van der Waals surface area contributed by atoms with Crippen LogP contribution in [0.25, 0.3) is 0 Å². The highest BCUT2D eigenvalue weighted by Gasteiger charge is 2.34. The Labute approximate surface area is 80.3 Å². The van der Waals surface area contributed by atoms with E-state index in [2.05, 4.69) is 15.2 Å². The van der Waals surface area contributed by atoms with E-state index in [4.69, 9.17) is 14.7 Å². The Kier molecular flexibility index (Phi) is 5.44. The quantitative estimate of drug-likeness (QED) is 0.476. The van der Waals surface area contributed by atoms with Crippen molar-refractivity contribution in [3.05, 3.63) is 12.7 Å². The summed E-state index contributed by atoms with van der Waals surface area (Å²) in [6, 6.07) is 0. The summed E-state index contributed by atoms with van der Waals surface area (Å²) in [4.78, 5) is 25.6. The van der Waals surface area contributed by atoms with E-state index in [9.17, 15) is 13.7 Å². The van der Waals surface area contributed by atoms with Gasteiger partial charge in [0.1, 0.15) is 0 Å². The van der Waals surface area contributed by atoms with Gasteiger partial charge in [0.2, 0.25) is 0 Å². The summed E-state index contributed by atoms with van der Waals surface area (Å²) in [6.07, 6.45) is 0.413.